The molecule has 122 valence electrons. The van der Waals surface area contributed by atoms with Gasteiger partial charge in [-0.2, -0.15) is 0 Å². The van der Waals surface area contributed by atoms with Crippen molar-refractivity contribution in [2.75, 3.05) is 6.61 Å². The fourth-order valence-corrected chi connectivity index (χ4v) is 5.64. The topological polar surface area (TPSA) is 65.0 Å². The third kappa shape index (κ3) is 1.24. The van der Waals surface area contributed by atoms with E-state index in [9.17, 15) is 9.90 Å². The Bertz CT molecular complexity index is 586. The van der Waals surface area contributed by atoms with Crippen molar-refractivity contribution in [1.29, 1.82) is 0 Å². The van der Waals surface area contributed by atoms with Gasteiger partial charge in [0.15, 0.2) is 5.79 Å². The first-order valence-electron chi connectivity index (χ1n) is 8.09. The summed E-state index contributed by atoms with van der Waals surface area (Å²) in [6, 6.07) is 0. The Hall–Kier alpha value is -0.910. The molecule has 0 amide bonds. The fraction of sp³-hybridized carbons (Fsp3) is 0.824. The van der Waals surface area contributed by atoms with Crippen LogP contribution in [0.3, 0.4) is 0 Å². The molecular formula is C17H24O5. The molecule has 1 spiro atoms. The van der Waals surface area contributed by atoms with Crippen LogP contribution in [0.25, 0.3) is 0 Å². The molecule has 6 atom stereocenters. The minimum Gasteiger partial charge on any atom is -0.462 e. The van der Waals surface area contributed by atoms with Gasteiger partial charge in [0, 0.05) is 24.2 Å². The van der Waals surface area contributed by atoms with Crippen LogP contribution in [-0.2, 0) is 19.0 Å². The summed E-state index contributed by atoms with van der Waals surface area (Å²) in [6.45, 7) is 7.68. The Balaban J connectivity index is 1.91. The van der Waals surface area contributed by atoms with Crippen molar-refractivity contribution < 1.29 is 24.1 Å². The predicted octanol–water partition coefficient (Wildman–Crippen LogP) is 1.93. The van der Waals surface area contributed by atoms with Crippen LogP contribution >= 0.6 is 0 Å². The molecule has 2 heterocycles. The molecule has 0 aromatic heterocycles. The maximum Gasteiger partial charge on any atom is 0.302 e. The molecule has 4 aliphatic rings. The molecule has 3 fully saturated rings. The molecule has 22 heavy (non-hydrogen) atoms. The SMILES string of the molecule is CC(=O)OC1CC2OC34C=C(C)CCC3(C)C1(C)C2(CO)O4. The molecule has 1 saturated carbocycles. The van der Waals surface area contributed by atoms with E-state index in [4.69, 9.17) is 14.2 Å². The van der Waals surface area contributed by atoms with E-state index in [0.717, 1.165) is 12.8 Å². The van der Waals surface area contributed by atoms with Crippen LogP contribution in [0.1, 0.15) is 47.0 Å². The maximum absolute atomic E-state index is 11.6. The predicted molar refractivity (Wildman–Crippen MR) is 77.9 cm³/mol. The highest BCUT2D eigenvalue weighted by molar-refractivity contribution is 5.66. The summed E-state index contributed by atoms with van der Waals surface area (Å²) in [7, 11) is 0. The first-order chi connectivity index (χ1) is 10.2. The van der Waals surface area contributed by atoms with E-state index in [0.29, 0.717) is 6.42 Å². The zero-order chi connectivity index (χ0) is 16.0. The molecule has 2 saturated heterocycles. The number of allylic oxidation sites excluding steroid dienone is 1. The van der Waals surface area contributed by atoms with Gasteiger partial charge in [-0.3, -0.25) is 4.79 Å². The normalized spacial score (nSPS) is 55.0. The van der Waals surface area contributed by atoms with Crippen LogP contribution in [0.5, 0.6) is 0 Å². The van der Waals surface area contributed by atoms with Crippen molar-refractivity contribution in [1.82, 2.24) is 0 Å². The molecule has 0 aromatic rings. The Morgan fingerprint density at radius 1 is 1.50 bits per heavy atom. The van der Waals surface area contributed by atoms with Gasteiger partial charge in [0.05, 0.1) is 12.7 Å². The summed E-state index contributed by atoms with van der Waals surface area (Å²) in [5, 5.41) is 10.2. The number of esters is 1. The van der Waals surface area contributed by atoms with Crippen molar-refractivity contribution in [3.05, 3.63) is 11.6 Å². The first-order valence-corrected chi connectivity index (χ1v) is 8.09. The third-order valence-corrected chi connectivity index (χ3v) is 7.04. The Morgan fingerprint density at radius 3 is 2.86 bits per heavy atom. The Kier molecular flexibility index (Phi) is 2.63. The molecule has 6 unspecified atom stereocenters. The molecule has 2 aliphatic carbocycles. The maximum atomic E-state index is 11.6. The van der Waals surface area contributed by atoms with Crippen LogP contribution in [0.4, 0.5) is 0 Å². The summed E-state index contributed by atoms with van der Waals surface area (Å²) in [4.78, 5) is 11.6. The van der Waals surface area contributed by atoms with Gasteiger partial charge >= 0.3 is 5.97 Å². The van der Waals surface area contributed by atoms with Gasteiger partial charge in [-0.15, -0.1) is 0 Å². The van der Waals surface area contributed by atoms with Gasteiger partial charge in [-0.1, -0.05) is 19.4 Å². The lowest BCUT2D eigenvalue weighted by Gasteiger charge is -2.54. The number of hydrogen-bond donors (Lipinski definition) is 1. The van der Waals surface area contributed by atoms with Crippen molar-refractivity contribution >= 4 is 5.97 Å². The highest BCUT2D eigenvalue weighted by Crippen LogP contribution is 2.77. The summed E-state index contributed by atoms with van der Waals surface area (Å²) >= 11 is 0. The second-order valence-corrected chi connectivity index (χ2v) is 7.78. The molecular weight excluding hydrogens is 284 g/mol. The van der Waals surface area contributed by atoms with Gasteiger partial charge in [0.25, 0.3) is 0 Å². The lowest BCUT2D eigenvalue weighted by atomic mass is 9.52. The zero-order valence-electron chi connectivity index (χ0n) is 13.6. The lowest BCUT2D eigenvalue weighted by Crippen LogP contribution is -2.62. The average Bonchev–Trinajstić information content (AvgIpc) is 2.90. The van der Waals surface area contributed by atoms with Crippen LogP contribution in [0.2, 0.25) is 0 Å². The van der Waals surface area contributed by atoms with E-state index < -0.39 is 16.8 Å². The smallest absolute Gasteiger partial charge is 0.302 e. The highest BCUT2D eigenvalue weighted by atomic mass is 16.8. The second-order valence-electron chi connectivity index (χ2n) is 7.78. The largest absolute Gasteiger partial charge is 0.462 e. The van der Waals surface area contributed by atoms with E-state index in [1.165, 1.54) is 12.5 Å². The molecule has 1 N–H and O–H groups in total. The number of carbonyl (C=O) groups is 1. The van der Waals surface area contributed by atoms with Crippen LogP contribution < -0.4 is 0 Å². The van der Waals surface area contributed by atoms with Gasteiger partial charge in [-0.05, 0) is 25.8 Å². The monoisotopic (exact) mass is 308 g/mol. The summed E-state index contributed by atoms with van der Waals surface area (Å²) in [5.74, 6) is -1.09. The van der Waals surface area contributed by atoms with Gasteiger partial charge in [-0.25, -0.2) is 0 Å². The summed E-state index contributed by atoms with van der Waals surface area (Å²) in [6.07, 6.45) is 4.02. The lowest BCUT2D eigenvalue weighted by molar-refractivity contribution is -0.206. The van der Waals surface area contributed by atoms with Crippen LogP contribution in [0, 0.1) is 10.8 Å². The van der Waals surface area contributed by atoms with E-state index in [2.05, 4.69) is 26.8 Å². The van der Waals surface area contributed by atoms with Crippen molar-refractivity contribution in [3.8, 4) is 0 Å². The zero-order valence-corrected chi connectivity index (χ0v) is 13.6. The fourth-order valence-electron chi connectivity index (χ4n) is 5.64. The molecule has 5 nitrogen and oxygen atoms in total. The minimum absolute atomic E-state index is 0.115. The Labute approximate surface area is 130 Å². The number of fused-ring (bicyclic) bond motifs is 1. The molecule has 2 aliphatic heterocycles. The number of hydrogen-bond acceptors (Lipinski definition) is 5. The number of rotatable bonds is 2. The molecule has 4 rings (SSSR count). The number of aliphatic hydroxyl groups excluding tert-OH is 1. The number of aliphatic hydroxyl groups is 1. The van der Waals surface area contributed by atoms with Gasteiger partial charge in [0.2, 0.25) is 0 Å². The molecule has 0 aromatic carbocycles. The van der Waals surface area contributed by atoms with Gasteiger partial charge < -0.3 is 19.3 Å². The minimum atomic E-state index is -0.799. The van der Waals surface area contributed by atoms with E-state index >= 15 is 0 Å². The van der Waals surface area contributed by atoms with Crippen LogP contribution in [0.15, 0.2) is 11.6 Å². The highest BCUT2D eigenvalue weighted by Gasteiger charge is 2.88. The summed E-state index contributed by atoms with van der Waals surface area (Å²) < 4.78 is 18.4. The van der Waals surface area contributed by atoms with Crippen molar-refractivity contribution in [2.45, 2.75) is 70.6 Å². The molecule has 2 bridgehead atoms. The first kappa shape index (κ1) is 14.7. The third-order valence-electron chi connectivity index (χ3n) is 7.04. The molecule has 5 heteroatoms. The van der Waals surface area contributed by atoms with E-state index in [1.54, 1.807) is 0 Å². The Morgan fingerprint density at radius 2 is 2.23 bits per heavy atom. The quantitative estimate of drug-likeness (QED) is 0.624. The van der Waals surface area contributed by atoms with E-state index in [-0.39, 0.29) is 30.2 Å². The van der Waals surface area contributed by atoms with Crippen LogP contribution in [-0.4, -0.2) is 41.3 Å². The standard InChI is InChI=1S/C17H24O5/c1-10-5-6-14(3)15(4)12(20-11(2)19)7-13-16(15,9-18)22-17(14,8-10)21-13/h8,12-13,18H,5-7,9H2,1-4H3. The molecule has 0 radical (unpaired) electrons. The van der Waals surface area contributed by atoms with E-state index in [1.807, 2.05) is 0 Å². The van der Waals surface area contributed by atoms with Gasteiger partial charge in [0.1, 0.15) is 11.7 Å². The number of ether oxygens (including phenoxy) is 3. The second kappa shape index (κ2) is 3.94. The average molecular weight is 308 g/mol. The van der Waals surface area contributed by atoms with Crippen molar-refractivity contribution in [3.63, 3.8) is 0 Å². The number of carbonyl (C=O) groups excluding carboxylic acids is 1. The van der Waals surface area contributed by atoms with Crippen molar-refractivity contribution in [2.24, 2.45) is 10.8 Å². The summed E-state index contributed by atoms with van der Waals surface area (Å²) in [5.41, 5.74) is -0.320.